The number of benzene rings is 2. The van der Waals surface area contributed by atoms with Gasteiger partial charge < -0.3 is 14.7 Å². The van der Waals surface area contributed by atoms with Crippen LogP contribution in [0.5, 0.6) is 0 Å². The van der Waals surface area contributed by atoms with Crippen LogP contribution in [0, 0.1) is 4.84 Å². The van der Waals surface area contributed by atoms with E-state index in [0.29, 0.717) is 27.5 Å². The minimum atomic E-state index is -1.20. The van der Waals surface area contributed by atoms with Gasteiger partial charge in [0.05, 0.1) is 26.8 Å². The lowest BCUT2D eigenvalue weighted by Gasteiger charge is -2.09. The first-order valence-corrected chi connectivity index (χ1v) is 8.73. The summed E-state index contributed by atoms with van der Waals surface area (Å²) in [5, 5.41) is 2.80. The molecule has 0 aliphatic carbocycles. The molecule has 118 valence electrons. The molecule has 23 heavy (non-hydrogen) atoms. The average Bonchev–Trinajstić information content (AvgIpc) is 2.93. The molecule has 2 aromatic carbocycles. The van der Waals surface area contributed by atoms with E-state index in [-0.39, 0.29) is 10.7 Å². The first kappa shape index (κ1) is 15.6. The molecule has 3 rings (SSSR count). The van der Waals surface area contributed by atoms with Crippen molar-refractivity contribution < 1.29 is 13.4 Å². The number of hydrogen-bond acceptors (Lipinski definition) is 4. The van der Waals surface area contributed by atoms with Gasteiger partial charge in [-0.05, 0) is 36.5 Å². The lowest BCUT2D eigenvalue weighted by Crippen LogP contribution is -2.15. The third-order valence-electron chi connectivity index (χ3n) is 3.32. The van der Waals surface area contributed by atoms with Crippen LogP contribution in [0.4, 0.5) is 5.69 Å². The monoisotopic (exact) mass is 346 g/mol. The van der Waals surface area contributed by atoms with Crippen LogP contribution >= 0.6 is 12.2 Å². The van der Waals surface area contributed by atoms with E-state index < -0.39 is 10.8 Å². The first-order chi connectivity index (χ1) is 11.1. The number of amides is 1. The van der Waals surface area contributed by atoms with Gasteiger partial charge in [0, 0.05) is 17.5 Å². The number of nitrogens with one attached hydrogen (secondary N) is 2. The second-order valence-corrected chi connectivity index (χ2v) is 6.89. The predicted octanol–water partition coefficient (Wildman–Crippen LogP) is 3.87. The number of hydrogen-bond donors (Lipinski definition) is 2. The summed E-state index contributed by atoms with van der Waals surface area (Å²) in [6, 6.07) is 12.1. The van der Waals surface area contributed by atoms with E-state index in [0.717, 1.165) is 5.52 Å². The highest BCUT2D eigenvalue weighted by Gasteiger charge is 2.15. The van der Waals surface area contributed by atoms with Gasteiger partial charge in [-0.2, -0.15) is 0 Å². The van der Waals surface area contributed by atoms with E-state index in [9.17, 15) is 9.00 Å². The molecular weight excluding hydrogens is 332 g/mol. The number of carbonyl (C=O) groups excluding carboxylic acids is 1. The maximum absolute atomic E-state index is 12.5. The van der Waals surface area contributed by atoms with Crippen molar-refractivity contribution in [3.8, 4) is 0 Å². The molecule has 0 saturated carbocycles. The minimum absolute atomic E-state index is 0.284. The Hall–Kier alpha value is -2.25. The van der Waals surface area contributed by atoms with Crippen molar-refractivity contribution >= 4 is 45.7 Å². The van der Waals surface area contributed by atoms with Crippen LogP contribution in [0.15, 0.2) is 51.8 Å². The number of aromatic nitrogens is 1. The molecule has 3 aromatic rings. The van der Waals surface area contributed by atoms with Gasteiger partial charge >= 0.3 is 0 Å². The fourth-order valence-corrected chi connectivity index (χ4v) is 3.38. The summed E-state index contributed by atoms with van der Waals surface area (Å²) in [6.07, 6.45) is 0. The molecule has 5 nitrogen and oxygen atoms in total. The fraction of sp³-hybridized carbons (Fsp3) is 0.125. The SMILES string of the molecule is CC[S@](=O)c1ccccc1C(=O)Nc1ccc2[nH]c(=S)oc2c1. The summed E-state index contributed by atoms with van der Waals surface area (Å²) in [5.41, 5.74) is 2.32. The highest BCUT2D eigenvalue weighted by Crippen LogP contribution is 2.21. The van der Waals surface area contributed by atoms with Crippen LogP contribution in [-0.2, 0) is 10.8 Å². The molecule has 1 atom stereocenters. The largest absolute Gasteiger partial charge is 0.429 e. The normalized spacial score (nSPS) is 12.2. The number of fused-ring (bicyclic) bond motifs is 1. The highest BCUT2D eigenvalue weighted by atomic mass is 32.2. The molecule has 0 unspecified atom stereocenters. The van der Waals surface area contributed by atoms with Crippen molar-refractivity contribution in [3.63, 3.8) is 0 Å². The van der Waals surface area contributed by atoms with E-state index >= 15 is 0 Å². The number of oxazole rings is 1. The van der Waals surface area contributed by atoms with Crippen molar-refractivity contribution in [2.24, 2.45) is 0 Å². The Bertz CT molecular complexity index is 959. The van der Waals surface area contributed by atoms with Crippen molar-refractivity contribution in [1.29, 1.82) is 0 Å². The molecule has 7 heteroatoms. The van der Waals surface area contributed by atoms with Crippen molar-refractivity contribution in [2.45, 2.75) is 11.8 Å². The Morgan fingerprint density at radius 2 is 2.09 bits per heavy atom. The quantitative estimate of drug-likeness (QED) is 0.703. The maximum Gasteiger partial charge on any atom is 0.266 e. The molecule has 1 heterocycles. The molecule has 1 amide bonds. The Kier molecular flexibility index (Phi) is 4.40. The van der Waals surface area contributed by atoms with Gasteiger partial charge in [0.1, 0.15) is 0 Å². The lowest BCUT2D eigenvalue weighted by molar-refractivity contribution is 0.102. The van der Waals surface area contributed by atoms with E-state index in [1.807, 2.05) is 6.92 Å². The van der Waals surface area contributed by atoms with E-state index in [1.165, 1.54) is 0 Å². The zero-order valence-corrected chi connectivity index (χ0v) is 13.9. The molecular formula is C16H14N2O3S2. The topological polar surface area (TPSA) is 75.1 Å². The molecule has 0 saturated heterocycles. The molecule has 0 spiro atoms. The van der Waals surface area contributed by atoms with Crippen molar-refractivity contribution in [1.82, 2.24) is 4.98 Å². The zero-order valence-electron chi connectivity index (χ0n) is 12.3. The van der Waals surface area contributed by atoms with Gasteiger partial charge in [0.25, 0.3) is 10.7 Å². The summed E-state index contributed by atoms with van der Waals surface area (Å²) in [4.78, 5) is 16.2. The molecule has 0 radical (unpaired) electrons. The van der Waals surface area contributed by atoms with Crippen LogP contribution in [0.3, 0.4) is 0 Å². The van der Waals surface area contributed by atoms with E-state index in [1.54, 1.807) is 42.5 Å². The average molecular weight is 346 g/mol. The third-order valence-corrected chi connectivity index (χ3v) is 4.87. The maximum atomic E-state index is 12.5. The van der Waals surface area contributed by atoms with Gasteiger partial charge in [-0.25, -0.2) is 0 Å². The van der Waals surface area contributed by atoms with Crippen molar-refractivity contribution in [2.75, 3.05) is 11.1 Å². The Balaban J connectivity index is 1.91. The molecule has 0 aliphatic heterocycles. The third kappa shape index (κ3) is 3.25. The van der Waals surface area contributed by atoms with Crippen LogP contribution in [0.25, 0.3) is 11.1 Å². The number of rotatable bonds is 4. The smallest absolute Gasteiger partial charge is 0.266 e. The Labute approximate surface area is 140 Å². The van der Waals surface area contributed by atoms with Gasteiger partial charge in [-0.1, -0.05) is 19.1 Å². The van der Waals surface area contributed by atoms with Gasteiger partial charge in [-0.15, -0.1) is 0 Å². The van der Waals surface area contributed by atoms with Crippen LogP contribution in [0.2, 0.25) is 0 Å². The van der Waals surface area contributed by atoms with Crippen LogP contribution < -0.4 is 5.32 Å². The van der Waals surface area contributed by atoms with E-state index in [4.69, 9.17) is 16.6 Å². The highest BCUT2D eigenvalue weighted by molar-refractivity contribution is 7.85. The Morgan fingerprint density at radius 1 is 1.30 bits per heavy atom. The predicted molar refractivity (Wildman–Crippen MR) is 92.7 cm³/mol. The summed E-state index contributed by atoms with van der Waals surface area (Å²) in [5.74, 6) is 0.149. The molecule has 0 fully saturated rings. The molecule has 2 N–H and O–H groups in total. The minimum Gasteiger partial charge on any atom is -0.429 e. The molecule has 0 aliphatic rings. The second-order valence-electron chi connectivity index (χ2n) is 4.81. The Morgan fingerprint density at radius 3 is 2.87 bits per heavy atom. The number of anilines is 1. The van der Waals surface area contributed by atoms with Gasteiger partial charge in [-0.3, -0.25) is 9.00 Å². The summed E-state index contributed by atoms with van der Waals surface area (Å²) in [6.45, 7) is 1.82. The fourth-order valence-electron chi connectivity index (χ4n) is 2.23. The second kappa shape index (κ2) is 6.47. The number of carbonyl (C=O) groups is 1. The van der Waals surface area contributed by atoms with Gasteiger partial charge in [0.2, 0.25) is 0 Å². The molecule has 1 aromatic heterocycles. The summed E-state index contributed by atoms with van der Waals surface area (Å²) < 4.78 is 17.4. The van der Waals surface area contributed by atoms with Gasteiger partial charge in [0.15, 0.2) is 5.58 Å². The summed E-state index contributed by atoms with van der Waals surface area (Å²) in [7, 11) is -1.20. The van der Waals surface area contributed by atoms with Crippen LogP contribution in [-0.4, -0.2) is 20.9 Å². The molecule has 0 bridgehead atoms. The zero-order chi connectivity index (χ0) is 16.4. The van der Waals surface area contributed by atoms with Crippen molar-refractivity contribution in [3.05, 3.63) is 52.9 Å². The first-order valence-electron chi connectivity index (χ1n) is 7.00. The summed E-state index contributed by atoms with van der Waals surface area (Å²) >= 11 is 4.94. The standard InChI is InChI=1S/C16H14N2O3S2/c1-2-23(20)14-6-4-3-5-11(14)15(19)17-10-7-8-12-13(9-10)21-16(22)18-12/h3-9H,2H2,1H3,(H,17,19)(H,18,22)/t23-/m0/s1. The van der Waals surface area contributed by atoms with Crippen LogP contribution in [0.1, 0.15) is 17.3 Å². The number of aromatic amines is 1. The lowest BCUT2D eigenvalue weighted by atomic mass is 10.2. The number of H-pyrrole nitrogens is 1. The van der Waals surface area contributed by atoms with E-state index in [2.05, 4.69) is 10.3 Å².